The van der Waals surface area contributed by atoms with Gasteiger partial charge in [0.15, 0.2) is 0 Å². The molecule has 0 aromatic carbocycles. The van der Waals surface area contributed by atoms with Crippen LogP contribution < -0.4 is 10.6 Å². The van der Waals surface area contributed by atoms with Gasteiger partial charge < -0.3 is 29.6 Å². The van der Waals surface area contributed by atoms with E-state index in [2.05, 4.69) is 23.3 Å². The van der Waals surface area contributed by atoms with Gasteiger partial charge in [-0.05, 0) is 18.6 Å². The Morgan fingerprint density at radius 3 is 1.78 bits per heavy atom. The smallest absolute Gasteiger partial charge is 0.222 e. The first-order valence-electron chi connectivity index (χ1n) is 9.58. The first-order chi connectivity index (χ1) is 13.1. The molecule has 2 amide bonds. The van der Waals surface area contributed by atoms with E-state index in [-0.39, 0.29) is 17.1 Å². The zero-order valence-electron chi connectivity index (χ0n) is 16.7. The average molecular weight is 409 g/mol. The lowest BCUT2D eigenvalue weighted by atomic mass is 10.2. The average Bonchev–Trinajstić information content (AvgIpc) is 2.63. The summed E-state index contributed by atoms with van der Waals surface area (Å²) in [5, 5.41) is 5.74. The van der Waals surface area contributed by atoms with E-state index >= 15 is 0 Å². The van der Waals surface area contributed by atoms with Gasteiger partial charge in [0, 0.05) is 25.9 Å². The number of amides is 2. The molecule has 8 nitrogen and oxygen atoms in total. The first-order valence-corrected chi connectivity index (χ1v) is 10.1. The highest BCUT2D eigenvalue weighted by atomic mass is 32.1. The van der Waals surface area contributed by atoms with Gasteiger partial charge in [-0.2, -0.15) is 12.6 Å². The van der Waals surface area contributed by atoms with Crippen LogP contribution in [-0.2, 0) is 28.5 Å². The van der Waals surface area contributed by atoms with Crippen LogP contribution in [0.2, 0.25) is 0 Å². The molecule has 0 aliphatic rings. The van der Waals surface area contributed by atoms with E-state index in [1.807, 2.05) is 13.8 Å². The molecular formula is C18H36N2O6S. The predicted molar refractivity (Wildman–Crippen MR) is 107 cm³/mol. The van der Waals surface area contributed by atoms with Crippen molar-refractivity contribution in [2.24, 2.45) is 0 Å². The molecule has 27 heavy (non-hydrogen) atoms. The Hall–Kier alpha value is -0.870. The molecule has 2 N–H and O–H groups in total. The second kappa shape index (κ2) is 19.9. The molecule has 0 aromatic rings. The Balaban J connectivity index is 3.15. The standard InChI is InChI=1S/C18H36N2O6S/c1-3-19-18(22)6-8-23-10-12-25-14-15-26-13-11-24-9-7-20-17(21)5-4-16(2)27/h16,27H,3-15H2,1-2H3,(H,19,22)(H,20,21). The van der Waals surface area contributed by atoms with Crippen molar-refractivity contribution in [1.82, 2.24) is 10.6 Å². The fraction of sp³-hybridized carbons (Fsp3) is 0.889. The highest BCUT2D eigenvalue weighted by molar-refractivity contribution is 7.80. The van der Waals surface area contributed by atoms with Crippen LogP contribution in [0.15, 0.2) is 0 Å². The Bertz CT molecular complexity index is 372. The van der Waals surface area contributed by atoms with Crippen molar-refractivity contribution in [1.29, 1.82) is 0 Å². The van der Waals surface area contributed by atoms with E-state index in [1.54, 1.807) is 0 Å². The number of carbonyl (C=O) groups is 2. The topological polar surface area (TPSA) is 95.1 Å². The molecule has 0 fully saturated rings. The van der Waals surface area contributed by atoms with E-state index in [0.717, 1.165) is 6.42 Å². The molecule has 0 bridgehead atoms. The van der Waals surface area contributed by atoms with Crippen molar-refractivity contribution in [3.05, 3.63) is 0 Å². The van der Waals surface area contributed by atoms with Gasteiger partial charge in [-0.3, -0.25) is 9.59 Å². The van der Waals surface area contributed by atoms with Gasteiger partial charge in [-0.25, -0.2) is 0 Å². The van der Waals surface area contributed by atoms with Gasteiger partial charge in [0.05, 0.1) is 52.9 Å². The minimum atomic E-state index is -0.000415. The maximum absolute atomic E-state index is 11.5. The van der Waals surface area contributed by atoms with E-state index in [1.165, 1.54) is 0 Å². The predicted octanol–water partition coefficient (Wildman–Crippen LogP) is 0.794. The summed E-state index contributed by atoms with van der Waals surface area (Å²) in [4.78, 5) is 22.6. The van der Waals surface area contributed by atoms with E-state index in [9.17, 15) is 9.59 Å². The molecule has 0 saturated heterocycles. The minimum absolute atomic E-state index is 0.000415. The lowest BCUT2D eigenvalue weighted by Crippen LogP contribution is -2.27. The second-order valence-electron chi connectivity index (χ2n) is 5.89. The van der Waals surface area contributed by atoms with Gasteiger partial charge in [0.25, 0.3) is 0 Å². The first kappa shape index (κ1) is 26.1. The molecule has 0 rings (SSSR count). The third-order valence-electron chi connectivity index (χ3n) is 3.32. The fourth-order valence-electron chi connectivity index (χ4n) is 1.90. The monoisotopic (exact) mass is 408 g/mol. The van der Waals surface area contributed by atoms with Crippen LogP contribution in [-0.4, -0.2) is 83.0 Å². The van der Waals surface area contributed by atoms with Crippen molar-refractivity contribution in [2.75, 3.05) is 65.9 Å². The molecule has 0 spiro atoms. The summed E-state index contributed by atoms with van der Waals surface area (Å²) >= 11 is 4.24. The van der Waals surface area contributed by atoms with Crippen LogP contribution in [0.5, 0.6) is 0 Å². The largest absolute Gasteiger partial charge is 0.379 e. The van der Waals surface area contributed by atoms with Gasteiger partial charge in [-0.15, -0.1) is 0 Å². The molecule has 1 unspecified atom stereocenters. The van der Waals surface area contributed by atoms with Gasteiger partial charge in [-0.1, -0.05) is 6.92 Å². The Kier molecular flexibility index (Phi) is 19.2. The molecule has 0 aromatic heterocycles. The molecule has 0 aliphatic heterocycles. The maximum Gasteiger partial charge on any atom is 0.222 e. The third-order valence-corrected chi connectivity index (χ3v) is 3.58. The van der Waals surface area contributed by atoms with E-state index in [4.69, 9.17) is 18.9 Å². The van der Waals surface area contributed by atoms with Gasteiger partial charge in [0.1, 0.15) is 0 Å². The Morgan fingerprint density at radius 2 is 1.26 bits per heavy atom. The summed E-state index contributed by atoms with van der Waals surface area (Å²) in [6.45, 7) is 8.73. The number of rotatable bonds is 19. The Labute approximate surface area is 168 Å². The lowest BCUT2D eigenvalue weighted by molar-refractivity contribution is -0.122. The molecule has 9 heteroatoms. The van der Waals surface area contributed by atoms with Gasteiger partial charge >= 0.3 is 0 Å². The third kappa shape index (κ3) is 21.3. The normalized spacial score (nSPS) is 12.0. The van der Waals surface area contributed by atoms with Gasteiger partial charge in [0.2, 0.25) is 11.8 Å². The molecular weight excluding hydrogens is 372 g/mol. The number of ether oxygens (including phenoxy) is 4. The minimum Gasteiger partial charge on any atom is -0.379 e. The summed E-state index contributed by atoms with van der Waals surface area (Å²) in [6.07, 6.45) is 1.64. The van der Waals surface area contributed by atoms with Crippen molar-refractivity contribution in [2.45, 2.75) is 38.4 Å². The van der Waals surface area contributed by atoms with Crippen LogP contribution in [0, 0.1) is 0 Å². The molecule has 0 aliphatic carbocycles. The van der Waals surface area contributed by atoms with E-state index in [0.29, 0.717) is 78.8 Å². The van der Waals surface area contributed by atoms with Crippen LogP contribution in [0.4, 0.5) is 0 Å². The molecule has 0 radical (unpaired) electrons. The van der Waals surface area contributed by atoms with Crippen molar-refractivity contribution in [3.63, 3.8) is 0 Å². The highest BCUT2D eigenvalue weighted by Gasteiger charge is 2.02. The van der Waals surface area contributed by atoms with Crippen molar-refractivity contribution < 1.29 is 28.5 Å². The number of thiol groups is 1. The molecule has 1 atom stereocenters. The maximum atomic E-state index is 11.5. The SMILES string of the molecule is CCNC(=O)CCOCCOCCOCCOCCNC(=O)CCC(C)S. The number of nitrogens with one attached hydrogen (secondary N) is 2. The second-order valence-corrected chi connectivity index (χ2v) is 6.77. The number of hydrogen-bond acceptors (Lipinski definition) is 7. The summed E-state index contributed by atoms with van der Waals surface area (Å²) in [5.74, 6) is 0.0284. The lowest BCUT2D eigenvalue weighted by Gasteiger charge is -2.08. The zero-order valence-corrected chi connectivity index (χ0v) is 17.6. The summed E-state index contributed by atoms with van der Waals surface area (Å²) in [7, 11) is 0. The summed E-state index contributed by atoms with van der Waals surface area (Å²) in [5.41, 5.74) is 0. The quantitative estimate of drug-likeness (QED) is 0.216. The van der Waals surface area contributed by atoms with Crippen LogP contribution in [0.25, 0.3) is 0 Å². The van der Waals surface area contributed by atoms with Crippen molar-refractivity contribution >= 4 is 24.4 Å². The molecule has 0 saturated carbocycles. The van der Waals surface area contributed by atoms with E-state index < -0.39 is 0 Å². The Morgan fingerprint density at radius 1 is 0.778 bits per heavy atom. The fourth-order valence-corrected chi connectivity index (χ4v) is 2.03. The summed E-state index contributed by atoms with van der Waals surface area (Å²) in [6, 6.07) is 0. The zero-order chi connectivity index (χ0) is 20.2. The number of carbonyl (C=O) groups excluding carboxylic acids is 2. The van der Waals surface area contributed by atoms with Crippen LogP contribution >= 0.6 is 12.6 Å². The number of hydrogen-bond donors (Lipinski definition) is 3. The summed E-state index contributed by atoms with van der Waals surface area (Å²) < 4.78 is 21.4. The molecule has 0 heterocycles. The molecule has 160 valence electrons. The van der Waals surface area contributed by atoms with Crippen molar-refractivity contribution in [3.8, 4) is 0 Å². The van der Waals surface area contributed by atoms with Crippen LogP contribution in [0.1, 0.15) is 33.1 Å². The highest BCUT2D eigenvalue weighted by Crippen LogP contribution is 2.02. The van der Waals surface area contributed by atoms with Crippen LogP contribution in [0.3, 0.4) is 0 Å².